The molecule has 1 rings (SSSR count). The summed E-state index contributed by atoms with van der Waals surface area (Å²) >= 11 is 0. The van der Waals surface area contributed by atoms with Gasteiger partial charge in [-0.3, -0.25) is 0 Å². The number of esters is 1. The Kier molecular flexibility index (Phi) is 3.27. The molecule has 0 unspecified atom stereocenters. The van der Waals surface area contributed by atoms with Crippen molar-refractivity contribution in [3.63, 3.8) is 0 Å². The van der Waals surface area contributed by atoms with Gasteiger partial charge in [-0.05, 0) is 24.5 Å². The molecule has 0 atom stereocenters. The third-order valence-electron chi connectivity index (χ3n) is 1.97. The zero-order valence-electron chi connectivity index (χ0n) is 8.02. The average Bonchev–Trinajstić information content (AvgIpc) is 2.15. The molecule has 0 spiro atoms. The monoisotopic (exact) mass is 194 g/mol. The highest BCUT2D eigenvalue weighted by molar-refractivity contribution is 6.59. The molecule has 4 nitrogen and oxygen atoms in total. The summed E-state index contributed by atoms with van der Waals surface area (Å²) < 4.78 is 4.53. The highest BCUT2D eigenvalue weighted by Crippen LogP contribution is 2.04. The molecular formula is C9H11BO4. The van der Waals surface area contributed by atoms with Crippen LogP contribution in [0.25, 0.3) is 0 Å². The molecule has 2 N–H and O–H groups in total. The first-order valence-electron chi connectivity index (χ1n) is 4.11. The zero-order valence-corrected chi connectivity index (χ0v) is 8.02. The number of carbonyl (C=O) groups is 1. The van der Waals surface area contributed by atoms with Crippen LogP contribution in [0, 0.1) is 6.92 Å². The molecule has 0 heterocycles. The van der Waals surface area contributed by atoms with Gasteiger partial charge in [0.25, 0.3) is 0 Å². The van der Waals surface area contributed by atoms with Gasteiger partial charge in [0, 0.05) is 0 Å². The molecule has 0 aliphatic heterocycles. The largest absolute Gasteiger partial charge is 0.488 e. The number of hydrogen-bond acceptors (Lipinski definition) is 4. The minimum Gasteiger partial charge on any atom is -0.465 e. The fourth-order valence-electron chi connectivity index (χ4n) is 1.21. The van der Waals surface area contributed by atoms with Gasteiger partial charge in [-0.2, -0.15) is 0 Å². The lowest BCUT2D eigenvalue weighted by molar-refractivity contribution is 0.0600. The van der Waals surface area contributed by atoms with Crippen LogP contribution in [0.15, 0.2) is 18.2 Å². The SMILES string of the molecule is COC(=O)c1ccc(B(O)O)c(C)c1. The number of methoxy groups -OCH3 is 1. The summed E-state index contributed by atoms with van der Waals surface area (Å²) in [6.45, 7) is 1.70. The van der Waals surface area contributed by atoms with Crippen LogP contribution in [0.2, 0.25) is 0 Å². The van der Waals surface area contributed by atoms with Crippen LogP contribution in [0.5, 0.6) is 0 Å². The zero-order chi connectivity index (χ0) is 10.7. The number of hydrogen-bond donors (Lipinski definition) is 2. The van der Waals surface area contributed by atoms with E-state index in [1.54, 1.807) is 13.0 Å². The maximum Gasteiger partial charge on any atom is 0.488 e. The molecule has 0 saturated heterocycles. The highest BCUT2D eigenvalue weighted by Gasteiger charge is 2.15. The minimum absolute atomic E-state index is 0.387. The van der Waals surface area contributed by atoms with Crippen molar-refractivity contribution in [1.82, 2.24) is 0 Å². The Bertz CT molecular complexity index is 349. The first kappa shape index (κ1) is 10.8. The fraction of sp³-hybridized carbons (Fsp3) is 0.222. The van der Waals surface area contributed by atoms with Crippen LogP contribution in [0.4, 0.5) is 0 Å². The summed E-state index contributed by atoms with van der Waals surface area (Å²) in [5.41, 5.74) is 1.43. The molecule has 14 heavy (non-hydrogen) atoms. The molecule has 0 aromatic heterocycles. The van der Waals surface area contributed by atoms with Crippen molar-refractivity contribution < 1.29 is 19.6 Å². The van der Waals surface area contributed by atoms with Crippen molar-refractivity contribution in [2.45, 2.75) is 6.92 Å². The van der Waals surface area contributed by atoms with Gasteiger partial charge in [0.05, 0.1) is 12.7 Å². The summed E-state index contributed by atoms with van der Waals surface area (Å²) in [6, 6.07) is 4.54. The van der Waals surface area contributed by atoms with E-state index in [0.717, 1.165) is 0 Å². The van der Waals surface area contributed by atoms with Crippen molar-refractivity contribution in [2.24, 2.45) is 0 Å². The van der Waals surface area contributed by atoms with E-state index in [0.29, 0.717) is 16.6 Å². The van der Waals surface area contributed by atoms with E-state index in [1.165, 1.54) is 19.2 Å². The molecule has 0 amide bonds. The van der Waals surface area contributed by atoms with Crippen molar-refractivity contribution in [1.29, 1.82) is 0 Å². The van der Waals surface area contributed by atoms with Gasteiger partial charge in [0.15, 0.2) is 0 Å². The smallest absolute Gasteiger partial charge is 0.465 e. The Hall–Kier alpha value is -1.33. The standard InChI is InChI=1S/C9H11BO4/c1-6-5-7(9(11)14-2)3-4-8(6)10(12)13/h3-5,12-13H,1-2H3. The molecule has 1 aromatic rings. The highest BCUT2D eigenvalue weighted by atomic mass is 16.5. The maximum atomic E-state index is 11.1. The quantitative estimate of drug-likeness (QED) is 0.490. The molecule has 0 radical (unpaired) electrons. The van der Waals surface area contributed by atoms with Gasteiger partial charge in [-0.1, -0.05) is 11.6 Å². The van der Waals surface area contributed by atoms with Crippen LogP contribution in [-0.2, 0) is 4.74 Å². The summed E-state index contributed by atoms with van der Waals surface area (Å²) in [4.78, 5) is 11.1. The third-order valence-corrected chi connectivity index (χ3v) is 1.97. The second-order valence-electron chi connectivity index (χ2n) is 2.94. The lowest BCUT2D eigenvalue weighted by Crippen LogP contribution is -2.32. The molecule has 5 heteroatoms. The van der Waals surface area contributed by atoms with Crippen LogP contribution in [0.1, 0.15) is 15.9 Å². The number of benzene rings is 1. The second-order valence-corrected chi connectivity index (χ2v) is 2.94. The molecule has 0 fully saturated rings. The molecule has 0 aliphatic rings. The van der Waals surface area contributed by atoms with Crippen LogP contribution in [-0.4, -0.2) is 30.2 Å². The summed E-state index contributed by atoms with van der Waals surface area (Å²) in [7, 11) is -0.214. The van der Waals surface area contributed by atoms with Crippen LogP contribution < -0.4 is 5.46 Å². The Labute approximate surface area is 82.3 Å². The molecule has 0 saturated carbocycles. The third kappa shape index (κ3) is 2.13. The van der Waals surface area contributed by atoms with Crippen LogP contribution >= 0.6 is 0 Å². The molecule has 74 valence electrons. The molecule has 0 bridgehead atoms. The van der Waals surface area contributed by atoms with Gasteiger partial charge in [0.1, 0.15) is 0 Å². The molecular weight excluding hydrogens is 183 g/mol. The Morgan fingerprint density at radius 3 is 2.50 bits per heavy atom. The van der Waals surface area contributed by atoms with Crippen molar-refractivity contribution >= 4 is 18.6 Å². The second kappa shape index (κ2) is 4.26. The van der Waals surface area contributed by atoms with Gasteiger partial charge in [0.2, 0.25) is 0 Å². The predicted octanol–water partition coefficient (Wildman–Crippen LogP) is -0.539. The van der Waals surface area contributed by atoms with Gasteiger partial charge >= 0.3 is 13.1 Å². The van der Waals surface area contributed by atoms with Crippen LogP contribution in [0.3, 0.4) is 0 Å². The first-order chi connectivity index (χ1) is 6.56. The van der Waals surface area contributed by atoms with E-state index < -0.39 is 13.1 Å². The molecule has 1 aromatic carbocycles. The topological polar surface area (TPSA) is 66.8 Å². The lowest BCUT2D eigenvalue weighted by Gasteiger charge is -2.06. The van der Waals surface area contributed by atoms with Crippen molar-refractivity contribution in [2.75, 3.05) is 7.11 Å². The first-order valence-corrected chi connectivity index (χ1v) is 4.11. The van der Waals surface area contributed by atoms with E-state index in [2.05, 4.69) is 4.74 Å². The Morgan fingerprint density at radius 2 is 2.07 bits per heavy atom. The van der Waals surface area contributed by atoms with Gasteiger partial charge in [-0.25, -0.2) is 4.79 Å². The van der Waals surface area contributed by atoms with E-state index in [1.807, 2.05) is 0 Å². The van der Waals surface area contributed by atoms with Gasteiger partial charge in [-0.15, -0.1) is 0 Å². The number of aryl methyl sites for hydroxylation is 1. The Morgan fingerprint density at radius 1 is 1.43 bits per heavy atom. The number of ether oxygens (including phenoxy) is 1. The Balaban J connectivity index is 3.06. The predicted molar refractivity (Wildman–Crippen MR) is 52.3 cm³/mol. The average molecular weight is 194 g/mol. The number of rotatable bonds is 2. The lowest BCUT2D eigenvalue weighted by atomic mass is 9.77. The molecule has 0 aliphatic carbocycles. The van der Waals surface area contributed by atoms with E-state index in [9.17, 15) is 4.79 Å². The van der Waals surface area contributed by atoms with E-state index in [-0.39, 0.29) is 0 Å². The van der Waals surface area contributed by atoms with Crippen molar-refractivity contribution in [3.05, 3.63) is 29.3 Å². The van der Waals surface area contributed by atoms with E-state index in [4.69, 9.17) is 10.0 Å². The fourth-order valence-corrected chi connectivity index (χ4v) is 1.21. The summed E-state index contributed by atoms with van der Waals surface area (Å²) in [5.74, 6) is -0.438. The van der Waals surface area contributed by atoms with Gasteiger partial charge < -0.3 is 14.8 Å². The maximum absolute atomic E-state index is 11.1. The van der Waals surface area contributed by atoms with E-state index >= 15 is 0 Å². The van der Waals surface area contributed by atoms with Crippen molar-refractivity contribution in [3.8, 4) is 0 Å². The normalized spacial score (nSPS) is 9.71. The summed E-state index contributed by atoms with van der Waals surface area (Å²) in [5, 5.41) is 17.9. The summed E-state index contributed by atoms with van der Waals surface area (Å²) in [6.07, 6.45) is 0. The minimum atomic E-state index is -1.51. The number of carbonyl (C=O) groups excluding carboxylic acids is 1.